The van der Waals surface area contributed by atoms with Crippen molar-refractivity contribution in [3.8, 4) is 0 Å². The van der Waals surface area contributed by atoms with Gasteiger partial charge in [0.2, 0.25) is 5.13 Å². The van der Waals surface area contributed by atoms with Crippen LogP contribution in [0.2, 0.25) is 0 Å². The first kappa shape index (κ1) is 9.86. The molecule has 1 aromatic rings. The van der Waals surface area contributed by atoms with Gasteiger partial charge in [-0.3, -0.25) is 0 Å². The van der Waals surface area contributed by atoms with Crippen molar-refractivity contribution < 1.29 is 0 Å². The molecule has 2 rings (SSSR count). The Morgan fingerprint density at radius 3 is 3.21 bits per heavy atom. The Bertz CT molecular complexity index is 260. The normalized spacial score (nSPS) is 22.6. The summed E-state index contributed by atoms with van der Waals surface area (Å²) in [6.45, 7) is 1.87. The predicted octanol–water partition coefficient (Wildman–Crippen LogP) is 1.25. The molecule has 0 radical (unpaired) electrons. The van der Waals surface area contributed by atoms with E-state index in [0.29, 0.717) is 6.04 Å². The highest BCUT2D eigenvalue weighted by molar-refractivity contribution is 7.13. The summed E-state index contributed by atoms with van der Waals surface area (Å²) in [6, 6.07) is 0.585. The summed E-state index contributed by atoms with van der Waals surface area (Å²) >= 11 is 1.62. The van der Waals surface area contributed by atoms with Crippen LogP contribution in [0.1, 0.15) is 25.7 Å². The van der Waals surface area contributed by atoms with Crippen LogP contribution in [0, 0.1) is 0 Å². The third-order valence-electron chi connectivity index (χ3n) is 2.72. The van der Waals surface area contributed by atoms with Crippen molar-refractivity contribution in [3.63, 3.8) is 0 Å². The van der Waals surface area contributed by atoms with E-state index in [4.69, 9.17) is 5.73 Å². The molecule has 2 N–H and O–H groups in total. The first-order valence-corrected chi connectivity index (χ1v) is 6.02. The number of nitrogens with two attached hydrogens (primary N) is 1. The van der Waals surface area contributed by atoms with Crippen molar-refractivity contribution in [2.75, 3.05) is 18.0 Å². The number of anilines is 1. The van der Waals surface area contributed by atoms with Crippen LogP contribution in [0.15, 0.2) is 5.51 Å². The number of piperidine rings is 1. The first-order valence-electron chi connectivity index (χ1n) is 5.14. The molecule has 0 amide bonds. The van der Waals surface area contributed by atoms with Crippen LogP contribution in [0.3, 0.4) is 0 Å². The smallest absolute Gasteiger partial charge is 0.208 e. The van der Waals surface area contributed by atoms with Crippen LogP contribution in [0.4, 0.5) is 5.13 Å². The maximum atomic E-state index is 5.62. The zero-order chi connectivity index (χ0) is 9.80. The van der Waals surface area contributed by atoms with Crippen LogP contribution >= 0.6 is 11.3 Å². The van der Waals surface area contributed by atoms with Gasteiger partial charge in [0.05, 0.1) is 0 Å². The van der Waals surface area contributed by atoms with E-state index in [-0.39, 0.29) is 0 Å². The van der Waals surface area contributed by atoms with E-state index in [1.54, 1.807) is 16.8 Å². The van der Waals surface area contributed by atoms with Crippen molar-refractivity contribution in [2.24, 2.45) is 5.73 Å². The van der Waals surface area contributed by atoms with Crippen molar-refractivity contribution in [2.45, 2.75) is 31.7 Å². The van der Waals surface area contributed by atoms with Crippen molar-refractivity contribution >= 4 is 16.5 Å². The molecule has 1 saturated heterocycles. The van der Waals surface area contributed by atoms with Crippen molar-refractivity contribution in [1.29, 1.82) is 0 Å². The van der Waals surface area contributed by atoms with E-state index in [0.717, 1.165) is 24.6 Å². The lowest BCUT2D eigenvalue weighted by Crippen LogP contribution is -2.40. The Labute approximate surface area is 88.1 Å². The lowest BCUT2D eigenvalue weighted by molar-refractivity contribution is 0.440. The van der Waals surface area contributed by atoms with Crippen molar-refractivity contribution in [3.05, 3.63) is 5.51 Å². The molecule has 5 heteroatoms. The Kier molecular flexibility index (Phi) is 3.31. The second kappa shape index (κ2) is 4.70. The molecule has 0 aliphatic carbocycles. The maximum Gasteiger partial charge on any atom is 0.208 e. The molecular formula is C9H16N4S. The molecule has 1 aliphatic rings. The minimum absolute atomic E-state index is 0.585. The lowest BCUT2D eigenvalue weighted by Gasteiger charge is -2.35. The van der Waals surface area contributed by atoms with Crippen LogP contribution in [-0.2, 0) is 0 Å². The quantitative estimate of drug-likeness (QED) is 0.819. The van der Waals surface area contributed by atoms with Crippen LogP contribution in [0.5, 0.6) is 0 Å². The lowest BCUT2D eigenvalue weighted by atomic mass is 10.0. The number of hydrogen-bond acceptors (Lipinski definition) is 5. The minimum Gasteiger partial charge on any atom is -0.344 e. The maximum absolute atomic E-state index is 5.62. The fraction of sp³-hybridized carbons (Fsp3) is 0.778. The average Bonchev–Trinajstić information content (AvgIpc) is 2.72. The number of nitrogens with zero attached hydrogens (tertiary/aromatic N) is 3. The molecule has 14 heavy (non-hydrogen) atoms. The summed E-state index contributed by atoms with van der Waals surface area (Å²) in [5.74, 6) is 0. The topological polar surface area (TPSA) is 55.0 Å². The van der Waals surface area contributed by atoms with E-state index in [2.05, 4.69) is 15.1 Å². The summed E-state index contributed by atoms with van der Waals surface area (Å²) < 4.78 is 0. The van der Waals surface area contributed by atoms with Gasteiger partial charge >= 0.3 is 0 Å². The molecule has 1 atom stereocenters. The van der Waals surface area contributed by atoms with Gasteiger partial charge in [-0.1, -0.05) is 11.3 Å². The molecule has 0 bridgehead atoms. The van der Waals surface area contributed by atoms with Crippen molar-refractivity contribution in [1.82, 2.24) is 10.2 Å². The molecule has 4 nitrogen and oxygen atoms in total. The summed E-state index contributed by atoms with van der Waals surface area (Å²) in [5, 5.41) is 9.07. The Morgan fingerprint density at radius 1 is 1.57 bits per heavy atom. The highest BCUT2D eigenvalue weighted by Crippen LogP contribution is 2.26. The Balaban J connectivity index is 2.06. The highest BCUT2D eigenvalue weighted by Gasteiger charge is 2.23. The number of rotatable bonds is 3. The zero-order valence-electron chi connectivity index (χ0n) is 8.22. The largest absolute Gasteiger partial charge is 0.344 e. The Morgan fingerprint density at radius 2 is 2.50 bits per heavy atom. The van der Waals surface area contributed by atoms with Gasteiger partial charge in [-0.15, -0.1) is 10.2 Å². The second-order valence-corrected chi connectivity index (χ2v) is 4.45. The van der Waals surface area contributed by atoms with Crippen LogP contribution in [-0.4, -0.2) is 29.3 Å². The van der Waals surface area contributed by atoms with Gasteiger partial charge in [-0.25, -0.2) is 0 Å². The van der Waals surface area contributed by atoms with Crippen LogP contribution in [0.25, 0.3) is 0 Å². The van der Waals surface area contributed by atoms with E-state index in [9.17, 15) is 0 Å². The molecule has 1 unspecified atom stereocenters. The standard InChI is InChI=1S/C9H16N4S/c10-5-4-8-3-1-2-6-13(8)9-12-11-7-14-9/h7-8H,1-6,10H2. The highest BCUT2D eigenvalue weighted by atomic mass is 32.1. The van der Waals surface area contributed by atoms with E-state index in [1.165, 1.54) is 19.3 Å². The van der Waals surface area contributed by atoms with Gasteiger partial charge in [0.15, 0.2) is 0 Å². The van der Waals surface area contributed by atoms with Crippen LogP contribution < -0.4 is 10.6 Å². The first-order chi connectivity index (χ1) is 6.92. The molecule has 1 aliphatic heterocycles. The van der Waals surface area contributed by atoms with Gasteiger partial charge in [0.1, 0.15) is 5.51 Å². The number of hydrogen-bond donors (Lipinski definition) is 1. The zero-order valence-corrected chi connectivity index (χ0v) is 9.04. The molecule has 2 heterocycles. The molecule has 0 saturated carbocycles. The SMILES string of the molecule is NCCC1CCCCN1c1nncs1. The van der Waals surface area contributed by atoms with E-state index < -0.39 is 0 Å². The fourth-order valence-corrected chi connectivity index (χ4v) is 2.70. The van der Waals surface area contributed by atoms with Gasteiger partial charge in [0.25, 0.3) is 0 Å². The average molecular weight is 212 g/mol. The minimum atomic E-state index is 0.585. The summed E-state index contributed by atoms with van der Waals surface area (Å²) in [4.78, 5) is 2.37. The molecule has 1 fully saturated rings. The monoisotopic (exact) mass is 212 g/mol. The third-order valence-corrected chi connectivity index (χ3v) is 3.45. The van der Waals surface area contributed by atoms with Gasteiger partial charge in [-0.05, 0) is 32.2 Å². The molecule has 0 spiro atoms. The molecular weight excluding hydrogens is 196 g/mol. The number of aromatic nitrogens is 2. The summed E-state index contributed by atoms with van der Waals surface area (Å²) in [6.07, 6.45) is 4.90. The molecule has 0 aromatic carbocycles. The van der Waals surface area contributed by atoms with E-state index in [1.807, 2.05) is 0 Å². The fourth-order valence-electron chi connectivity index (χ4n) is 2.04. The third kappa shape index (κ3) is 2.04. The summed E-state index contributed by atoms with van der Waals surface area (Å²) in [7, 11) is 0. The molecule has 1 aromatic heterocycles. The van der Waals surface area contributed by atoms with Gasteiger partial charge in [0, 0.05) is 12.6 Å². The summed E-state index contributed by atoms with van der Waals surface area (Å²) in [5.41, 5.74) is 7.41. The Hall–Kier alpha value is -0.680. The van der Waals surface area contributed by atoms with E-state index >= 15 is 0 Å². The predicted molar refractivity (Wildman–Crippen MR) is 58.6 cm³/mol. The van der Waals surface area contributed by atoms with Gasteiger partial charge < -0.3 is 10.6 Å². The second-order valence-electron chi connectivity index (χ2n) is 3.64. The van der Waals surface area contributed by atoms with Gasteiger partial charge in [-0.2, -0.15) is 0 Å². The molecule has 78 valence electrons.